The van der Waals surface area contributed by atoms with Crippen LogP contribution in [0.3, 0.4) is 0 Å². The van der Waals surface area contributed by atoms with Crippen molar-refractivity contribution in [2.24, 2.45) is 5.92 Å². The van der Waals surface area contributed by atoms with Crippen molar-refractivity contribution in [3.63, 3.8) is 0 Å². The van der Waals surface area contributed by atoms with Gasteiger partial charge in [-0.3, -0.25) is 10.2 Å². The van der Waals surface area contributed by atoms with Gasteiger partial charge in [-0.15, -0.1) is 0 Å². The van der Waals surface area contributed by atoms with E-state index in [9.17, 15) is 19.7 Å². The number of fused-ring (bicyclic) bond motifs is 5. The van der Waals surface area contributed by atoms with Crippen LogP contribution in [0.5, 0.6) is 11.5 Å². The van der Waals surface area contributed by atoms with Crippen LogP contribution in [0.2, 0.25) is 0 Å². The van der Waals surface area contributed by atoms with Crippen molar-refractivity contribution in [1.82, 2.24) is 40.0 Å². The minimum absolute atomic E-state index is 0.0191. The van der Waals surface area contributed by atoms with E-state index in [4.69, 9.17) is 9.47 Å². The molecule has 3 aliphatic heterocycles. The number of ether oxygens (including phenoxy) is 2. The monoisotopic (exact) mass is 780 g/mol. The van der Waals surface area contributed by atoms with Gasteiger partial charge in [0.1, 0.15) is 41.7 Å². The summed E-state index contributed by atoms with van der Waals surface area (Å²) >= 11 is 0. The van der Waals surface area contributed by atoms with Crippen LogP contribution in [0.15, 0.2) is 79.1 Å². The number of imidazole rings is 2. The first-order chi connectivity index (χ1) is 27.5. The SMILES string of the molecule is COC(O)NC(C(C)C)C(O)N1CC(F)CC1c1ncc(-c2ccc3c(c2)cc2n3C(c3cccc(O)c3)Oc3cc(-c4cnc(C5CC(F)CN5)[nH]4)ccc3-2)[nH]1. The largest absolute Gasteiger partial charge is 0.508 e. The second kappa shape index (κ2) is 15.0. The van der Waals surface area contributed by atoms with Crippen LogP contribution in [0, 0.1) is 5.92 Å². The van der Waals surface area contributed by atoms with Crippen LogP contribution in [0.25, 0.3) is 44.7 Å². The van der Waals surface area contributed by atoms with E-state index in [1.807, 2.05) is 50.2 Å². The summed E-state index contributed by atoms with van der Waals surface area (Å²) in [6.45, 7) is 4.15. The summed E-state index contributed by atoms with van der Waals surface area (Å²) in [6, 6.07) is 20.0. The van der Waals surface area contributed by atoms with Gasteiger partial charge in [0.2, 0.25) is 12.6 Å². The maximum absolute atomic E-state index is 15.0. The fourth-order valence-electron chi connectivity index (χ4n) is 8.58. The zero-order valence-electron chi connectivity index (χ0n) is 31.7. The second-order valence-corrected chi connectivity index (χ2v) is 15.6. The van der Waals surface area contributed by atoms with Crippen molar-refractivity contribution in [2.75, 3.05) is 20.2 Å². The predicted octanol–water partition coefficient (Wildman–Crippen LogP) is 6.05. The van der Waals surface area contributed by atoms with Gasteiger partial charge in [-0.25, -0.2) is 18.7 Å². The van der Waals surface area contributed by atoms with Crippen molar-refractivity contribution < 1.29 is 33.6 Å². The third-order valence-electron chi connectivity index (χ3n) is 11.5. The number of phenolic OH excluding ortho intramolecular Hbond substituents is 1. The minimum Gasteiger partial charge on any atom is -0.508 e. The molecule has 0 bridgehead atoms. The molecule has 0 spiro atoms. The summed E-state index contributed by atoms with van der Waals surface area (Å²) < 4.78 is 42.8. The third-order valence-corrected chi connectivity index (χ3v) is 11.5. The minimum atomic E-state index is -1.28. The summed E-state index contributed by atoms with van der Waals surface area (Å²) in [6.07, 6.45) is -1.04. The molecular weight excluding hydrogens is 735 g/mol. The smallest absolute Gasteiger partial charge is 0.213 e. The van der Waals surface area contributed by atoms with Gasteiger partial charge >= 0.3 is 0 Å². The highest BCUT2D eigenvalue weighted by Gasteiger charge is 2.42. The molecule has 0 radical (unpaired) electrons. The molecule has 0 aliphatic carbocycles. The molecule has 6 aromatic rings. The Labute approximate surface area is 327 Å². The number of benzene rings is 3. The van der Waals surface area contributed by atoms with Crippen molar-refractivity contribution in [1.29, 1.82) is 0 Å². The zero-order valence-corrected chi connectivity index (χ0v) is 31.7. The molecule has 6 heterocycles. The molecule has 9 rings (SSSR count). The lowest BCUT2D eigenvalue weighted by molar-refractivity contribution is -0.132. The number of aliphatic hydroxyl groups is 2. The molecular formula is C42H46F2N8O5. The lowest BCUT2D eigenvalue weighted by Crippen LogP contribution is -2.55. The summed E-state index contributed by atoms with van der Waals surface area (Å²) in [7, 11) is 1.36. The molecule has 0 saturated carbocycles. The van der Waals surface area contributed by atoms with E-state index in [2.05, 4.69) is 47.3 Å². The standard InChI is InChI=1S/C42H46F2N8O5/c1-21(2)37(50-42(55)56-3)40(54)51-20-27(44)16-35(51)39-47-19-31(49-39)22-8-10-33-25(11-22)13-34-29-9-7-23(32-18-46-38(48-32)30-15-26(43)17-45-30)14-36(29)57-41(52(33)34)24-5-4-6-28(53)12-24/h4-14,18-19,21,26-27,30,35,37,40-42,45,50,53-55H,15-17,20H2,1-3H3,(H,46,48)(H,47,49). The van der Waals surface area contributed by atoms with Crippen molar-refractivity contribution in [2.45, 2.75) is 76.0 Å². The summed E-state index contributed by atoms with van der Waals surface area (Å²) in [4.78, 5) is 17.7. The second-order valence-electron chi connectivity index (χ2n) is 15.6. The van der Waals surface area contributed by atoms with Crippen LogP contribution in [0.4, 0.5) is 8.78 Å². The first-order valence-electron chi connectivity index (χ1n) is 19.3. The van der Waals surface area contributed by atoms with Gasteiger partial charge in [-0.2, -0.15) is 0 Å². The number of methoxy groups -OCH3 is 1. The average Bonchev–Trinajstić information content (AvgIpc) is 4.05. The zero-order chi connectivity index (χ0) is 39.5. The highest BCUT2D eigenvalue weighted by atomic mass is 19.1. The third kappa shape index (κ3) is 6.98. The Morgan fingerprint density at radius 2 is 1.67 bits per heavy atom. The Kier molecular flexibility index (Phi) is 9.83. The average molecular weight is 781 g/mol. The van der Waals surface area contributed by atoms with Crippen molar-refractivity contribution >= 4 is 10.9 Å². The Bertz CT molecular complexity index is 2400. The topological polar surface area (TPSA) is 169 Å². The van der Waals surface area contributed by atoms with Gasteiger partial charge in [0.05, 0.1) is 53.1 Å². The number of hydrogen-bond acceptors (Lipinski definition) is 10. The number of H-pyrrole nitrogens is 2. The Morgan fingerprint density at radius 1 is 0.912 bits per heavy atom. The number of nitrogens with one attached hydrogen (secondary N) is 4. The molecule has 298 valence electrons. The van der Waals surface area contributed by atoms with Gasteiger partial charge in [0.25, 0.3) is 0 Å². The predicted molar refractivity (Wildman–Crippen MR) is 209 cm³/mol. The highest BCUT2D eigenvalue weighted by Crippen LogP contribution is 2.46. The van der Waals surface area contributed by atoms with E-state index in [0.29, 0.717) is 30.4 Å². The summed E-state index contributed by atoms with van der Waals surface area (Å²) in [5.74, 6) is 1.92. The number of nitrogens with zero attached hydrogens (tertiary/aromatic N) is 4. The quantitative estimate of drug-likeness (QED) is 0.0770. The van der Waals surface area contributed by atoms with Gasteiger partial charge in [-0.1, -0.05) is 38.1 Å². The van der Waals surface area contributed by atoms with E-state index in [0.717, 1.165) is 50.2 Å². The highest BCUT2D eigenvalue weighted by molar-refractivity contribution is 5.92. The Morgan fingerprint density at radius 3 is 2.40 bits per heavy atom. The fourth-order valence-corrected chi connectivity index (χ4v) is 8.58. The molecule has 3 aliphatic rings. The van der Waals surface area contributed by atoms with Crippen LogP contribution in [-0.2, 0) is 4.74 Å². The van der Waals surface area contributed by atoms with Crippen LogP contribution in [-0.4, -0.2) is 95.9 Å². The van der Waals surface area contributed by atoms with E-state index < -0.39 is 43.3 Å². The molecule has 0 amide bonds. The number of alkyl halides is 2. The van der Waals surface area contributed by atoms with Crippen LogP contribution >= 0.6 is 0 Å². The van der Waals surface area contributed by atoms with E-state index in [1.165, 1.54) is 7.11 Å². The lowest BCUT2D eigenvalue weighted by atomic mass is 10.0. The number of aromatic nitrogens is 5. The maximum Gasteiger partial charge on any atom is 0.213 e. The molecule has 57 heavy (non-hydrogen) atoms. The molecule has 3 aromatic carbocycles. The molecule has 8 atom stereocenters. The summed E-state index contributed by atoms with van der Waals surface area (Å²) in [5.41, 5.74) is 6.78. The molecule has 3 aromatic heterocycles. The van der Waals surface area contributed by atoms with Crippen molar-refractivity contribution in [3.8, 4) is 45.3 Å². The van der Waals surface area contributed by atoms with Crippen molar-refractivity contribution in [3.05, 3.63) is 96.3 Å². The normalized spacial score (nSPS) is 23.8. The molecule has 7 N–H and O–H groups in total. The van der Waals surface area contributed by atoms with E-state index >= 15 is 4.39 Å². The van der Waals surface area contributed by atoms with Crippen LogP contribution < -0.4 is 15.4 Å². The molecule has 8 unspecified atom stereocenters. The van der Waals surface area contributed by atoms with E-state index in [-0.39, 0.29) is 30.7 Å². The number of aromatic hydroxyl groups is 1. The lowest BCUT2D eigenvalue weighted by Gasteiger charge is -2.36. The maximum atomic E-state index is 15.0. The molecule has 2 saturated heterocycles. The van der Waals surface area contributed by atoms with Gasteiger partial charge in [-0.05, 0) is 48.4 Å². The number of phenols is 1. The summed E-state index contributed by atoms with van der Waals surface area (Å²) in [5, 5.41) is 39.0. The Balaban J connectivity index is 1.05. The van der Waals surface area contributed by atoms with Gasteiger partial charge in [0.15, 0.2) is 0 Å². The molecule has 15 heteroatoms. The molecule has 13 nitrogen and oxygen atoms in total. The fraction of sp³-hybridized carbons (Fsp3) is 0.381. The number of halogens is 2. The van der Waals surface area contributed by atoms with Gasteiger partial charge < -0.3 is 44.6 Å². The number of aliphatic hydroxyl groups excluding tert-OH is 2. The number of rotatable bonds is 11. The van der Waals surface area contributed by atoms with Gasteiger partial charge in [0, 0.05) is 60.7 Å². The Hall–Kier alpha value is -5.16. The first-order valence-corrected chi connectivity index (χ1v) is 19.3. The van der Waals surface area contributed by atoms with E-state index in [1.54, 1.807) is 35.5 Å². The first kappa shape index (κ1) is 37.4. The number of hydrogen-bond donors (Lipinski definition) is 7. The number of aromatic amines is 2. The number of likely N-dealkylation sites (tertiary alicyclic amines) is 1. The molecule has 2 fully saturated rings. The van der Waals surface area contributed by atoms with Crippen LogP contribution in [0.1, 0.15) is 62.2 Å².